The molecule has 1 aromatic rings. The maximum atomic E-state index is 13.6. The average Bonchev–Trinajstić information content (AvgIpc) is 2.42. The van der Waals surface area contributed by atoms with Crippen LogP contribution in [0, 0.1) is 5.82 Å². The number of likely N-dealkylation sites (N-methyl/N-ethyl adjacent to an activating group) is 1. The van der Waals surface area contributed by atoms with Gasteiger partial charge in [0.1, 0.15) is 10.8 Å². The number of rotatable bonds is 4. The molecule has 0 spiro atoms. The van der Waals surface area contributed by atoms with Gasteiger partial charge in [0, 0.05) is 37.8 Å². The summed E-state index contributed by atoms with van der Waals surface area (Å²) in [5, 5.41) is 0. The molecule has 0 saturated carbocycles. The topological polar surface area (TPSA) is 32.5 Å². The molecule has 1 aliphatic heterocycles. The van der Waals surface area contributed by atoms with Crippen molar-refractivity contribution in [1.29, 1.82) is 0 Å². The first-order chi connectivity index (χ1) is 9.51. The minimum atomic E-state index is -0.342. The number of thiocarbonyl (C=S) groups is 1. The third-order valence-electron chi connectivity index (χ3n) is 4.03. The van der Waals surface area contributed by atoms with Crippen molar-refractivity contribution in [2.75, 3.05) is 26.7 Å². The van der Waals surface area contributed by atoms with Crippen LogP contribution in [-0.4, -0.2) is 47.5 Å². The lowest BCUT2D eigenvalue weighted by Gasteiger charge is -2.39. The molecule has 0 amide bonds. The lowest BCUT2D eigenvalue weighted by molar-refractivity contribution is 0.0883. The van der Waals surface area contributed by atoms with E-state index in [2.05, 4.69) is 23.8 Å². The van der Waals surface area contributed by atoms with E-state index >= 15 is 0 Å². The third kappa shape index (κ3) is 3.53. The first kappa shape index (κ1) is 15.4. The van der Waals surface area contributed by atoms with Gasteiger partial charge in [-0.25, -0.2) is 4.39 Å². The van der Waals surface area contributed by atoms with Crippen LogP contribution in [0.4, 0.5) is 4.39 Å². The fourth-order valence-corrected chi connectivity index (χ4v) is 2.87. The molecule has 110 valence electrons. The van der Waals surface area contributed by atoms with Gasteiger partial charge in [-0.3, -0.25) is 4.90 Å². The Balaban J connectivity index is 2.07. The molecule has 0 radical (unpaired) electrons. The molecule has 1 fully saturated rings. The summed E-state index contributed by atoms with van der Waals surface area (Å²) in [5.74, 6) is -0.342. The van der Waals surface area contributed by atoms with Gasteiger partial charge < -0.3 is 10.6 Å². The Labute approximate surface area is 125 Å². The summed E-state index contributed by atoms with van der Waals surface area (Å²) in [6, 6.07) is 5.64. The van der Waals surface area contributed by atoms with E-state index in [4.69, 9.17) is 18.0 Å². The monoisotopic (exact) mass is 295 g/mol. The smallest absolute Gasteiger partial charge is 0.133 e. The first-order valence-electron chi connectivity index (χ1n) is 7.02. The number of benzene rings is 1. The molecule has 0 aromatic heterocycles. The summed E-state index contributed by atoms with van der Waals surface area (Å²) in [6.07, 6.45) is 1.15. The largest absolute Gasteiger partial charge is 0.389 e. The van der Waals surface area contributed by atoms with Crippen molar-refractivity contribution in [2.45, 2.75) is 25.9 Å². The number of hydrogen-bond donors (Lipinski definition) is 1. The second-order valence-electron chi connectivity index (χ2n) is 5.46. The minimum absolute atomic E-state index is 0.120. The molecule has 1 heterocycles. The van der Waals surface area contributed by atoms with Crippen molar-refractivity contribution in [1.82, 2.24) is 9.80 Å². The van der Waals surface area contributed by atoms with Gasteiger partial charge in [-0.15, -0.1) is 0 Å². The zero-order chi connectivity index (χ0) is 14.7. The molecule has 1 saturated heterocycles. The van der Waals surface area contributed by atoms with E-state index in [9.17, 15) is 4.39 Å². The molecular formula is C15H22FN3S. The van der Waals surface area contributed by atoms with Gasteiger partial charge in [0.2, 0.25) is 0 Å². The van der Waals surface area contributed by atoms with Crippen LogP contribution in [0.1, 0.15) is 24.5 Å². The maximum Gasteiger partial charge on any atom is 0.133 e. The summed E-state index contributed by atoms with van der Waals surface area (Å²) in [7, 11) is 2.17. The number of hydrogen-bond acceptors (Lipinski definition) is 3. The van der Waals surface area contributed by atoms with E-state index in [0.717, 1.165) is 38.2 Å². The van der Waals surface area contributed by atoms with Gasteiger partial charge in [0.05, 0.1) is 0 Å². The molecule has 0 bridgehead atoms. The molecule has 1 unspecified atom stereocenters. The highest BCUT2D eigenvalue weighted by atomic mass is 32.1. The van der Waals surface area contributed by atoms with E-state index in [0.29, 0.717) is 11.6 Å². The number of nitrogens with two attached hydrogens (primary N) is 1. The Hall–Kier alpha value is -1.04. The molecule has 2 N–H and O–H groups in total. The van der Waals surface area contributed by atoms with Gasteiger partial charge in [0.15, 0.2) is 0 Å². The van der Waals surface area contributed by atoms with Crippen LogP contribution in [0.25, 0.3) is 0 Å². The Morgan fingerprint density at radius 2 is 2.20 bits per heavy atom. The van der Waals surface area contributed by atoms with Crippen LogP contribution in [0.3, 0.4) is 0 Å². The Morgan fingerprint density at radius 3 is 2.85 bits per heavy atom. The Morgan fingerprint density at radius 1 is 1.45 bits per heavy atom. The Bertz CT molecular complexity index is 492. The second-order valence-corrected chi connectivity index (χ2v) is 5.90. The lowest BCUT2D eigenvalue weighted by atomic mass is 10.1. The molecular weight excluding hydrogens is 273 g/mol. The standard InChI is InChI=1S/C15H22FN3S/c1-3-12-10-19(7-6-18(12)2)9-11-4-5-14(16)13(8-11)15(17)20/h4-5,8,12H,3,6-7,9-10H2,1-2H3,(H2,17,20). The fraction of sp³-hybridized carbons (Fsp3) is 0.533. The van der Waals surface area contributed by atoms with Crippen molar-refractivity contribution in [2.24, 2.45) is 5.73 Å². The molecule has 3 nitrogen and oxygen atoms in total. The summed E-state index contributed by atoms with van der Waals surface area (Å²) in [4.78, 5) is 4.93. The van der Waals surface area contributed by atoms with Gasteiger partial charge in [0.25, 0.3) is 0 Å². The van der Waals surface area contributed by atoms with Crippen LogP contribution >= 0.6 is 12.2 Å². The predicted octanol–water partition coefficient (Wildman–Crippen LogP) is 1.99. The third-order valence-corrected chi connectivity index (χ3v) is 4.25. The highest BCUT2D eigenvalue weighted by Crippen LogP contribution is 2.16. The van der Waals surface area contributed by atoms with Gasteiger partial charge in [-0.05, 0) is 31.2 Å². The van der Waals surface area contributed by atoms with Crippen molar-refractivity contribution in [3.63, 3.8) is 0 Å². The van der Waals surface area contributed by atoms with Crippen molar-refractivity contribution in [3.8, 4) is 0 Å². The zero-order valence-electron chi connectivity index (χ0n) is 12.1. The predicted molar refractivity (Wildman–Crippen MR) is 84.3 cm³/mol. The lowest BCUT2D eigenvalue weighted by Crippen LogP contribution is -2.50. The molecule has 1 aliphatic rings. The molecule has 1 aromatic carbocycles. The van der Waals surface area contributed by atoms with E-state index in [1.54, 1.807) is 6.07 Å². The Kier molecular flexibility index (Phi) is 5.07. The van der Waals surface area contributed by atoms with E-state index in [1.807, 2.05) is 6.07 Å². The van der Waals surface area contributed by atoms with E-state index in [-0.39, 0.29) is 10.8 Å². The van der Waals surface area contributed by atoms with Crippen LogP contribution in [0.15, 0.2) is 18.2 Å². The second kappa shape index (κ2) is 6.61. The molecule has 20 heavy (non-hydrogen) atoms. The van der Waals surface area contributed by atoms with Crippen LogP contribution in [-0.2, 0) is 6.54 Å². The number of piperazine rings is 1. The summed E-state index contributed by atoms with van der Waals surface area (Å²) in [6.45, 7) is 6.19. The summed E-state index contributed by atoms with van der Waals surface area (Å²) < 4.78 is 13.6. The fourth-order valence-electron chi connectivity index (χ4n) is 2.71. The van der Waals surface area contributed by atoms with E-state index in [1.165, 1.54) is 6.07 Å². The van der Waals surface area contributed by atoms with Crippen LogP contribution in [0.2, 0.25) is 0 Å². The van der Waals surface area contributed by atoms with Crippen molar-refractivity contribution < 1.29 is 4.39 Å². The quantitative estimate of drug-likeness (QED) is 0.861. The maximum absolute atomic E-state index is 13.6. The SMILES string of the molecule is CCC1CN(Cc2ccc(F)c(C(N)=S)c2)CCN1C. The number of halogens is 1. The molecule has 0 aliphatic carbocycles. The van der Waals surface area contributed by atoms with Gasteiger partial charge in [-0.2, -0.15) is 0 Å². The first-order valence-corrected chi connectivity index (χ1v) is 7.43. The highest BCUT2D eigenvalue weighted by molar-refractivity contribution is 7.80. The molecule has 5 heteroatoms. The number of nitrogens with zero attached hydrogens (tertiary/aromatic N) is 2. The molecule has 2 rings (SSSR count). The average molecular weight is 295 g/mol. The normalized spacial score (nSPS) is 21.1. The van der Waals surface area contributed by atoms with Crippen LogP contribution < -0.4 is 5.73 Å². The summed E-state index contributed by atoms with van der Waals surface area (Å²) in [5.41, 5.74) is 6.96. The minimum Gasteiger partial charge on any atom is -0.389 e. The van der Waals surface area contributed by atoms with Crippen LogP contribution in [0.5, 0.6) is 0 Å². The molecule has 1 atom stereocenters. The summed E-state index contributed by atoms with van der Waals surface area (Å²) >= 11 is 4.88. The highest BCUT2D eigenvalue weighted by Gasteiger charge is 2.22. The van der Waals surface area contributed by atoms with Gasteiger partial charge >= 0.3 is 0 Å². The zero-order valence-corrected chi connectivity index (χ0v) is 12.9. The van der Waals surface area contributed by atoms with Crippen molar-refractivity contribution >= 4 is 17.2 Å². The van der Waals surface area contributed by atoms with Crippen molar-refractivity contribution in [3.05, 3.63) is 35.1 Å². The van der Waals surface area contributed by atoms with E-state index < -0.39 is 0 Å². The van der Waals surface area contributed by atoms with Gasteiger partial charge in [-0.1, -0.05) is 25.2 Å².